The summed E-state index contributed by atoms with van der Waals surface area (Å²) in [6, 6.07) is 8.59. The van der Waals surface area contributed by atoms with Gasteiger partial charge in [-0.25, -0.2) is 13.2 Å². The van der Waals surface area contributed by atoms with Crippen LogP contribution < -0.4 is 4.74 Å². The fourth-order valence-electron chi connectivity index (χ4n) is 6.48. The van der Waals surface area contributed by atoms with Gasteiger partial charge >= 0.3 is 0 Å². The van der Waals surface area contributed by atoms with Crippen LogP contribution in [0.25, 0.3) is 0 Å². The lowest BCUT2D eigenvalue weighted by Gasteiger charge is -2.32. The van der Waals surface area contributed by atoms with Crippen LogP contribution in [-0.2, 0) is 4.74 Å². The highest BCUT2D eigenvalue weighted by molar-refractivity contribution is 5.33. The second-order valence-corrected chi connectivity index (χ2v) is 11.4. The Labute approximate surface area is 218 Å². The molecule has 0 aromatic heterocycles. The number of hydrogen-bond donors (Lipinski definition) is 1. The van der Waals surface area contributed by atoms with Gasteiger partial charge in [-0.15, -0.1) is 0 Å². The first-order valence-corrected chi connectivity index (χ1v) is 14.1. The van der Waals surface area contributed by atoms with Gasteiger partial charge in [0.05, 0.1) is 19.3 Å². The van der Waals surface area contributed by atoms with E-state index >= 15 is 8.78 Å². The van der Waals surface area contributed by atoms with Crippen molar-refractivity contribution in [1.82, 2.24) is 0 Å². The van der Waals surface area contributed by atoms with Crippen LogP contribution in [0.5, 0.6) is 5.75 Å². The Morgan fingerprint density at radius 1 is 0.892 bits per heavy atom. The van der Waals surface area contributed by atoms with Gasteiger partial charge in [0.1, 0.15) is 6.10 Å². The molecule has 2 aromatic carbocycles. The van der Waals surface area contributed by atoms with Crippen molar-refractivity contribution in [3.63, 3.8) is 0 Å². The van der Waals surface area contributed by atoms with E-state index in [9.17, 15) is 9.50 Å². The molecule has 2 atom stereocenters. The van der Waals surface area contributed by atoms with Gasteiger partial charge in [-0.2, -0.15) is 0 Å². The number of rotatable bonds is 9. The van der Waals surface area contributed by atoms with Crippen LogP contribution in [0.1, 0.15) is 106 Å². The van der Waals surface area contributed by atoms with Gasteiger partial charge in [-0.05, 0) is 110 Å². The Kier molecular flexibility index (Phi) is 8.45. The van der Waals surface area contributed by atoms with E-state index in [0.29, 0.717) is 24.3 Å². The summed E-state index contributed by atoms with van der Waals surface area (Å²) in [6.07, 6.45) is 8.04. The minimum absolute atomic E-state index is 0.00529. The van der Waals surface area contributed by atoms with E-state index in [4.69, 9.17) is 9.47 Å². The van der Waals surface area contributed by atoms with E-state index in [2.05, 4.69) is 6.92 Å². The lowest BCUT2D eigenvalue weighted by atomic mass is 9.75. The van der Waals surface area contributed by atoms with Gasteiger partial charge in [-0.1, -0.05) is 31.5 Å². The van der Waals surface area contributed by atoms with Crippen LogP contribution in [0.4, 0.5) is 13.2 Å². The van der Waals surface area contributed by atoms with Gasteiger partial charge in [0, 0.05) is 0 Å². The summed E-state index contributed by atoms with van der Waals surface area (Å²) in [5.74, 6) is -0.928. The molecular weight excluding hydrogens is 477 g/mol. The van der Waals surface area contributed by atoms with Crippen LogP contribution in [0, 0.1) is 29.3 Å². The lowest BCUT2D eigenvalue weighted by Crippen LogP contribution is -2.25. The van der Waals surface area contributed by atoms with E-state index in [-0.39, 0.29) is 47.4 Å². The number of hydrogen-bond acceptors (Lipinski definition) is 3. The van der Waals surface area contributed by atoms with Crippen molar-refractivity contribution >= 4 is 0 Å². The maximum Gasteiger partial charge on any atom is 0.165 e. The second kappa shape index (κ2) is 11.8. The smallest absolute Gasteiger partial charge is 0.165 e. The van der Waals surface area contributed by atoms with Crippen LogP contribution in [-0.4, -0.2) is 24.4 Å². The molecule has 1 saturated heterocycles. The number of benzene rings is 2. The Bertz CT molecular complexity index is 1050. The largest absolute Gasteiger partial charge is 0.490 e. The average Bonchev–Trinajstić information content (AvgIpc) is 3.76. The van der Waals surface area contributed by atoms with Crippen LogP contribution >= 0.6 is 0 Å². The van der Waals surface area contributed by atoms with Crippen molar-refractivity contribution < 1.29 is 27.8 Å². The normalized spacial score (nSPS) is 28.6. The average molecular weight is 517 g/mol. The fraction of sp³-hybridized carbons (Fsp3) is 0.613. The molecule has 1 N–H and O–H groups in total. The molecule has 5 rings (SSSR count). The number of ether oxygens (including phenoxy) is 2. The molecule has 0 amide bonds. The van der Waals surface area contributed by atoms with E-state index < -0.39 is 11.6 Å². The van der Waals surface area contributed by atoms with Gasteiger partial charge in [0.25, 0.3) is 0 Å². The lowest BCUT2D eigenvalue weighted by molar-refractivity contribution is 0.0727. The van der Waals surface area contributed by atoms with Crippen LogP contribution in [0.2, 0.25) is 0 Å². The zero-order valence-electron chi connectivity index (χ0n) is 21.7. The Morgan fingerprint density at radius 2 is 1.49 bits per heavy atom. The molecule has 1 heterocycles. The van der Waals surface area contributed by atoms with Crippen molar-refractivity contribution in [1.29, 1.82) is 0 Å². The molecule has 37 heavy (non-hydrogen) atoms. The Morgan fingerprint density at radius 3 is 2.03 bits per heavy atom. The first-order chi connectivity index (χ1) is 17.9. The molecule has 0 radical (unpaired) electrons. The third kappa shape index (κ3) is 6.17. The van der Waals surface area contributed by atoms with Gasteiger partial charge < -0.3 is 14.6 Å². The first-order valence-electron chi connectivity index (χ1n) is 14.1. The second-order valence-electron chi connectivity index (χ2n) is 11.4. The molecule has 6 heteroatoms. The van der Waals surface area contributed by atoms with E-state index in [1.54, 1.807) is 18.2 Å². The molecule has 2 unspecified atom stereocenters. The summed E-state index contributed by atoms with van der Waals surface area (Å²) in [4.78, 5) is 0. The van der Waals surface area contributed by atoms with E-state index in [0.717, 1.165) is 69.8 Å². The molecule has 2 aromatic rings. The third-order valence-corrected chi connectivity index (χ3v) is 8.90. The quantitative estimate of drug-likeness (QED) is 0.344. The summed E-state index contributed by atoms with van der Waals surface area (Å²) in [7, 11) is 0. The monoisotopic (exact) mass is 516 g/mol. The number of aliphatic hydroxyl groups is 1. The summed E-state index contributed by atoms with van der Waals surface area (Å²) in [5.41, 5.74) is 1.81. The minimum atomic E-state index is -0.688. The predicted molar refractivity (Wildman–Crippen MR) is 137 cm³/mol. The van der Waals surface area contributed by atoms with Crippen molar-refractivity contribution in [2.24, 2.45) is 11.8 Å². The molecule has 3 aliphatic rings. The van der Waals surface area contributed by atoms with E-state index in [1.165, 1.54) is 6.07 Å². The maximum absolute atomic E-state index is 15.2. The zero-order chi connectivity index (χ0) is 25.9. The molecule has 0 bridgehead atoms. The van der Waals surface area contributed by atoms with Crippen molar-refractivity contribution in [2.75, 3.05) is 13.2 Å². The highest BCUT2D eigenvalue weighted by Crippen LogP contribution is 2.42. The number of aliphatic hydroxyl groups excluding tert-OH is 1. The fourth-order valence-corrected chi connectivity index (χ4v) is 6.48. The van der Waals surface area contributed by atoms with Gasteiger partial charge in [0.2, 0.25) is 0 Å². The topological polar surface area (TPSA) is 42.0 Å². The van der Waals surface area contributed by atoms with Crippen LogP contribution in [0.15, 0.2) is 30.3 Å². The molecule has 3 nitrogen and oxygen atoms in total. The highest BCUT2D eigenvalue weighted by atomic mass is 19.2. The first kappa shape index (κ1) is 26.6. The third-order valence-electron chi connectivity index (χ3n) is 8.90. The minimum Gasteiger partial charge on any atom is -0.490 e. The Hall–Kier alpha value is -2.05. The standard InChI is InChI=1S/C31H39F3O3/c1-2-3-27(35)22-10-8-21(9-11-22)25-14-13-24(30(33)31(25)34)20-6-4-19(5-7-20)17-36-28-15-12-23(16-26(28)32)29-18-37-29/h12-16,19-22,27,29,35H,2-11,17-18H2,1H3. The molecule has 3 fully saturated rings. The number of halogens is 3. The number of epoxide rings is 1. The molecule has 0 spiro atoms. The molecule has 2 aliphatic carbocycles. The predicted octanol–water partition coefficient (Wildman–Crippen LogP) is 7.96. The molecule has 2 saturated carbocycles. The summed E-state index contributed by atoms with van der Waals surface area (Å²) < 4.78 is 55.7. The highest BCUT2D eigenvalue weighted by Gasteiger charge is 2.31. The summed E-state index contributed by atoms with van der Waals surface area (Å²) >= 11 is 0. The molecular formula is C31H39F3O3. The van der Waals surface area contributed by atoms with Gasteiger partial charge in [0.15, 0.2) is 23.2 Å². The zero-order valence-corrected chi connectivity index (χ0v) is 21.7. The maximum atomic E-state index is 15.2. The Balaban J connectivity index is 1.13. The van der Waals surface area contributed by atoms with Crippen LogP contribution in [0.3, 0.4) is 0 Å². The summed E-state index contributed by atoms with van der Waals surface area (Å²) in [6.45, 7) is 3.14. The van der Waals surface area contributed by atoms with Crippen molar-refractivity contribution in [3.8, 4) is 5.75 Å². The van der Waals surface area contributed by atoms with Crippen molar-refractivity contribution in [3.05, 3.63) is 64.5 Å². The van der Waals surface area contributed by atoms with Gasteiger partial charge in [-0.3, -0.25) is 0 Å². The molecule has 1 aliphatic heterocycles. The summed E-state index contributed by atoms with van der Waals surface area (Å²) in [5, 5.41) is 10.3. The molecule has 202 valence electrons. The van der Waals surface area contributed by atoms with E-state index in [1.807, 2.05) is 6.07 Å². The SMILES string of the molecule is CCCC(O)C1CCC(c2ccc(C3CCC(COc4ccc(C5CO5)cc4F)CC3)c(F)c2F)CC1. The van der Waals surface area contributed by atoms with Crippen molar-refractivity contribution in [2.45, 2.75) is 95.2 Å².